The van der Waals surface area contributed by atoms with Crippen molar-refractivity contribution < 1.29 is 9.47 Å². The lowest BCUT2D eigenvalue weighted by molar-refractivity contribution is 0.174. The number of nitrogens with zero attached hydrogens (tertiary/aromatic N) is 4. The second kappa shape index (κ2) is 6.55. The van der Waals surface area contributed by atoms with Crippen LogP contribution < -0.4 is 20.1 Å². The van der Waals surface area contributed by atoms with Gasteiger partial charge in [0.25, 0.3) is 0 Å². The number of rotatable bonds is 4. The molecule has 0 radical (unpaired) electrons. The van der Waals surface area contributed by atoms with Crippen molar-refractivity contribution in [2.75, 3.05) is 13.8 Å². The standard InChI is InChI=1S/C15H20N6O2/c1-10-19-20-14(21(10)3)8-18-15(16-2)17-7-11-4-5-12-13(6-11)23-9-22-12/h4-6H,7-9H2,1-3H3,(H2,16,17,18). The Hall–Kier alpha value is -2.77. The number of hydrogen-bond acceptors (Lipinski definition) is 5. The highest BCUT2D eigenvalue weighted by Crippen LogP contribution is 2.32. The molecule has 122 valence electrons. The van der Waals surface area contributed by atoms with E-state index in [1.54, 1.807) is 7.05 Å². The van der Waals surface area contributed by atoms with Crippen LogP contribution in [0.4, 0.5) is 0 Å². The molecule has 0 atom stereocenters. The third-order valence-electron chi connectivity index (χ3n) is 3.72. The van der Waals surface area contributed by atoms with Gasteiger partial charge in [0.2, 0.25) is 6.79 Å². The molecule has 0 saturated carbocycles. The molecule has 2 N–H and O–H groups in total. The van der Waals surface area contributed by atoms with E-state index in [2.05, 4.69) is 25.8 Å². The molecule has 0 unspecified atom stereocenters. The molecular weight excluding hydrogens is 296 g/mol. The van der Waals surface area contributed by atoms with Crippen LogP contribution >= 0.6 is 0 Å². The first-order chi connectivity index (χ1) is 11.2. The fraction of sp³-hybridized carbons (Fsp3) is 0.400. The molecule has 0 saturated heterocycles. The maximum absolute atomic E-state index is 5.38. The van der Waals surface area contributed by atoms with E-state index in [9.17, 15) is 0 Å². The Balaban J connectivity index is 1.54. The molecule has 8 heteroatoms. The van der Waals surface area contributed by atoms with E-state index in [0.29, 0.717) is 19.0 Å². The van der Waals surface area contributed by atoms with E-state index in [-0.39, 0.29) is 6.79 Å². The number of fused-ring (bicyclic) bond motifs is 1. The van der Waals surface area contributed by atoms with Crippen LogP contribution in [0.5, 0.6) is 11.5 Å². The molecule has 1 aromatic heterocycles. The second-order valence-corrected chi connectivity index (χ2v) is 5.19. The topological polar surface area (TPSA) is 85.6 Å². The van der Waals surface area contributed by atoms with E-state index >= 15 is 0 Å². The molecule has 3 rings (SSSR count). The number of ether oxygens (including phenoxy) is 2. The molecule has 8 nitrogen and oxygen atoms in total. The number of aliphatic imine (C=N–C) groups is 1. The number of hydrogen-bond donors (Lipinski definition) is 2. The highest BCUT2D eigenvalue weighted by Gasteiger charge is 2.13. The zero-order valence-electron chi connectivity index (χ0n) is 13.5. The van der Waals surface area contributed by atoms with Crippen molar-refractivity contribution in [3.63, 3.8) is 0 Å². The number of guanidine groups is 1. The smallest absolute Gasteiger partial charge is 0.231 e. The lowest BCUT2D eigenvalue weighted by Crippen LogP contribution is -2.36. The minimum Gasteiger partial charge on any atom is -0.454 e. The van der Waals surface area contributed by atoms with Gasteiger partial charge in [0, 0.05) is 20.6 Å². The lowest BCUT2D eigenvalue weighted by Gasteiger charge is -2.12. The van der Waals surface area contributed by atoms with E-state index in [1.807, 2.05) is 36.7 Å². The quantitative estimate of drug-likeness (QED) is 0.638. The highest BCUT2D eigenvalue weighted by molar-refractivity contribution is 5.79. The summed E-state index contributed by atoms with van der Waals surface area (Å²) >= 11 is 0. The molecule has 23 heavy (non-hydrogen) atoms. The van der Waals surface area contributed by atoms with Crippen LogP contribution in [-0.4, -0.2) is 34.6 Å². The molecule has 0 amide bonds. The summed E-state index contributed by atoms with van der Waals surface area (Å²) in [5.74, 6) is 4.00. The maximum atomic E-state index is 5.38. The van der Waals surface area contributed by atoms with E-state index in [4.69, 9.17) is 9.47 Å². The van der Waals surface area contributed by atoms with E-state index in [0.717, 1.165) is 28.7 Å². The minimum atomic E-state index is 0.284. The van der Waals surface area contributed by atoms with Gasteiger partial charge in [-0.2, -0.15) is 0 Å². The first-order valence-electron chi connectivity index (χ1n) is 7.35. The van der Waals surface area contributed by atoms with Crippen molar-refractivity contribution in [1.82, 2.24) is 25.4 Å². The molecule has 0 aliphatic carbocycles. The Kier molecular flexibility index (Phi) is 4.31. The number of nitrogens with one attached hydrogen (secondary N) is 2. The van der Waals surface area contributed by atoms with Crippen molar-refractivity contribution in [3.05, 3.63) is 35.4 Å². The van der Waals surface area contributed by atoms with E-state index < -0.39 is 0 Å². The van der Waals surface area contributed by atoms with Crippen LogP contribution in [0.1, 0.15) is 17.2 Å². The molecule has 2 heterocycles. The van der Waals surface area contributed by atoms with Crippen molar-refractivity contribution in [3.8, 4) is 11.5 Å². The average Bonchev–Trinajstić information content (AvgIpc) is 3.15. The number of aromatic nitrogens is 3. The lowest BCUT2D eigenvalue weighted by atomic mass is 10.2. The van der Waals surface area contributed by atoms with Gasteiger partial charge in [-0.05, 0) is 24.6 Å². The van der Waals surface area contributed by atoms with Gasteiger partial charge >= 0.3 is 0 Å². The molecule has 1 aliphatic rings. The monoisotopic (exact) mass is 316 g/mol. The molecule has 1 aliphatic heterocycles. The largest absolute Gasteiger partial charge is 0.454 e. The van der Waals surface area contributed by atoms with Gasteiger partial charge < -0.3 is 24.7 Å². The summed E-state index contributed by atoms with van der Waals surface area (Å²) in [5, 5.41) is 14.6. The predicted octanol–water partition coefficient (Wildman–Crippen LogP) is 0.717. The van der Waals surface area contributed by atoms with Crippen molar-refractivity contribution in [1.29, 1.82) is 0 Å². The van der Waals surface area contributed by atoms with Gasteiger partial charge in [0.15, 0.2) is 23.3 Å². The Morgan fingerprint density at radius 2 is 2.00 bits per heavy atom. The first kappa shape index (κ1) is 15.1. The third-order valence-corrected chi connectivity index (χ3v) is 3.72. The number of aryl methyl sites for hydroxylation is 1. The van der Waals surface area contributed by atoms with Crippen molar-refractivity contribution >= 4 is 5.96 Å². The van der Waals surface area contributed by atoms with Crippen molar-refractivity contribution in [2.24, 2.45) is 12.0 Å². The zero-order valence-corrected chi connectivity index (χ0v) is 13.5. The second-order valence-electron chi connectivity index (χ2n) is 5.19. The zero-order chi connectivity index (χ0) is 16.2. The van der Waals surface area contributed by atoms with Crippen LogP contribution in [0, 0.1) is 6.92 Å². The summed E-state index contributed by atoms with van der Waals surface area (Å²) in [6.45, 7) is 3.39. The molecule has 0 fully saturated rings. The third kappa shape index (κ3) is 3.36. The molecular formula is C15H20N6O2. The van der Waals surface area contributed by atoms with E-state index in [1.165, 1.54) is 0 Å². The summed E-state index contributed by atoms with van der Waals surface area (Å²) in [6, 6.07) is 5.88. The summed E-state index contributed by atoms with van der Waals surface area (Å²) in [6.07, 6.45) is 0. The number of benzene rings is 1. The molecule has 0 bridgehead atoms. The molecule has 0 spiro atoms. The van der Waals surface area contributed by atoms with Gasteiger partial charge in [0.05, 0.1) is 6.54 Å². The fourth-order valence-electron chi connectivity index (χ4n) is 2.23. The fourth-order valence-corrected chi connectivity index (χ4v) is 2.23. The molecule has 2 aromatic rings. The van der Waals surface area contributed by atoms with Gasteiger partial charge in [-0.15, -0.1) is 10.2 Å². The Labute approximate surface area is 134 Å². The Morgan fingerprint density at radius 1 is 1.22 bits per heavy atom. The Bertz CT molecular complexity index is 725. The van der Waals surface area contributed by atoms with Gasteiger partial charge in [0.1, 0.15) is 5.82 Å². The average molecular weight is 316 g/mol. The van der Waals surface area contributed by atoms with Crippen LogP contribution in [-0.2, 0) is 20.1 Å². The van der Waals surface area contributed by atoms with Gasteiger partial charge in [-0.25, -0.2) is 0 Å². The summed E-state index contributed by atoms with van der Waals surface area (Å²) in [4.78, 5) is 4.21. The predicted molar refractivity (Wildman–Crippen MR) is 85.3 cm³/mol. The maximum Gasteiger partial charge on any atom is 0.231 e. The minimum absolute atomic E-state index is 0.284. The SMILES string of the molecule is CN=C(NCc1ccc2c(c1)OCO2)NCc1nnc(C)n1C. The van der Waals surface area contributed by atoms with Crippen molar-refractivity contribution in [2.45, 2.75) is 20.0 Å². The van der Waals surface area contributed by atoms with Crippen LogP contribution in [0.3, 0.4) is 0 Å². The van der Waals surface area contributed by atoms with Crippen LogP contribution in [0.25, 0.3) is 0 Å². The van der Waals surface area contributed by atoms with Gasteiger partial charge in [-0.1, -0.05) is 6.07 Å². The summed E-state index contributed by atoms with van der Waals surface area (Å²) in [5.41, 5.74) is 1.09. The normalized spacial score (nSPS) is 13.3. The first-order valence-corrected chi connectivity index (χ1v) is 7.35. The summed E-state index contributed by atoms with van der Waals surface area (Å²) < 4.78 is 12.6. The summed E-state index contributed by atoms with van der Waals surface area (Å²) in [7, 11) is 3.67. The van der Waals surface area contributed by atoms with Gasteiger partial charge in [-0.3, -0.25) is 4.99 Å². The van der Waals surface area contributed by atoms with Crippen LogP contribution in [0.15, 0.2) is 23.2 Å². The Morgan fingerprint density at radius 3 is 2.74 bits per heavy atom. The highest BCUT2D eigenvalue weighted by atomic mass is 16.7. The van der Waals surface area contributed by atoms with Crippen LogP contribution in [0.2, 0.25) is 0 Å². The molecule has 1 aromatic carbocycles.